The Bertz CT molecular complexity index is 208. The van der Waals surface area contributed by atoms with E-state index in [0.717, 1.165) is 5.69 Å². The molecule has 0 aliphatic carbocycles. The van der Waals surface area contributed by atoms with Gasteiger partial charge in [-0.1, -0.05) is 12.2 Å². The van der Waals surface area contributed by atoms with Crippen molar-refractivity contribution >= 4 is 12.2 Å². The number of H-pyrrole nitrogens is 1. The highest BCUT2D eigenvalue weighted by Crippen LogP contribution is 1.85. The van der Waals surface area contributed by atoms with Crippen molar-refractivity contribution in [3.63, 3.8) is 0 Å². The second kappa shape index (κ2) is 2.05. The summed E-state index contributed by atoms with van der Waals surface area (Å²) in [5.74, 6) is 0. The van der Waals surface area contributed by atoms with E-state index in [1.807, 2.05) is 6.92 Å². The van der Waals surface area contributed by atoms with Crippen LogP contribution in [0.5, 0.6) is 0 Å². The Balaban J connectivity index is 3.22. The molecule has 0 aliphatic heterocycles. The van der Waals surface area contributed by atoms with Gasteiger partial charge >= 0.3 is 0 Å². The van der Waals surface area contributed by atoms with Crippen LogP contribution in [-0.2, 0) is 0 Å². The van der Waals surface area contributed by atoms with E-state index in [0.29, 0.717) is 4.64 Å². The van der Waals surface area contributed by atoms with Gasteiger partial charge in [0.05, 0.1) is 11.9 Å². The summed E-state index contributed by atoms with van der Waals surface area (Å²) in [6.07, 6.45) is 3.41. The summed E-state index contributed by atoms with van der Waals surface area (Å²) >= 11 is 4.75. The van der Waals surface area contributed by atoms with Gasteiger partial charge in [-0.25, -0.2) is 0 Å². The molecule has 1 heterocycles. The Morgan fingerprint density at radius 2 is 2.50 bits per heavy atom. The average molecular weight is 126 g/mol. The van der Waals surface area contributed by atoms with Crippen molar-refractivity contribution in [2.75, 3.05) is 0 Å². The molecule has 2 nitrogen and oxygen atoms in total. The minimum absolute atomic E-state index is 0.676. The van der Waals surface area contributed by atoms with Gasteiger partial charge in [-0.05, 0) is 6.92 Å². The number of hydrogen-bond donors (Lipinski definition) is 1. The molecule has 0 radical (unpaired) electrons. The lowest BCUT2D eigenvalue weighted by molar-refractivity contribution is 1.10. The van der Waals surface area contributed by atoms with Crippen molar-refractivity contribution in [3.8, 4) is 0 Å². The predicted octanol–water partition coefficient (Wildman–Crippen LogP) is 1.45. The van der Waals surface area contributed by atoms with E-state index in [4.69, 9.17) is 12.2 Å². The lowest BCUT2D eigenvalue weighted by Gasteiger charge is -1.85. The van der Waals surface area contributed by atoms with Crippen molar-refractivity contribution in [3.05, 3.63) is 22.7 Å². The third-order valence-electron chi connectivity index (χ3n) is 0.809. The Kier molecular flexibility index (Phi) is 1.39. The second-order valence-corrected chi connectivity index (χ2v) is 1.99. The van der Waals surface area contributed by atoms with Gasteiger partial charge in [0.1, 0.15) is 4.64 Å². The van der Waals surface area contributed by atoms with Crippen LogP contribution >= 0.6 is 12.2 Å². The van der Waals surface area contributed by atoms with Crippen molar-refractivity contribution in [2.24, 2.45) is 0 Å². The zero-order valence-corrected chi connectivity index (χ0v) is 5.33. The number of rotatable bonds is 0. The lowest BCUT2D eigenvalue weighted by atomic mass is 10.5. The minimum Gasteiger partial charge on any atom is -0.350 e. The summed E-state index contributed by atoms with van der Waals surface area (Å²) in [6, 6.07) is 0. The summed E-state index contributed by atoms with van der Waals surface area (Å²) in [6.45, 7) is 1.91. The first-order chi connectivity index (χ1) is 3.79. The summed E-state index contributed by atoms with van der Waals surface area (Å²) in [5, 5.41) is 0. The number of aryl methyl sites for hydroxylation is 1. The van der Waals surface area contributed by atoms with E-state index < -0.39 is 0 Å². The SMILES string of the molecule is Cc1c[nH]c(=S)cn1. The third-order valence-corrected chi connectivity index (χ3v) is 1.03. The van der Waals surface area contributed by atoms with E-state index in [-0.39, 0.29) is 0 Å². The molecule has 42 valence electrons. The van der Waals surface area contributed by atoms with Crippen LogP contribution in [0.15, 0.2) is 12.4 Å². The van der Waals surface area contributed by atoms with E-state index in [1.165, 1.54) is 0 Å². The highest BCUT2D eigenvalue weighted by Gasteiger charge is 1.77. The number of nitrogens with zero attached hydrogens (tertiary/aromatic N) is 1. The van der Waals surface area contributed by atoms with Crippen molar-refractivity contribution in [1.82, 2.24) is 9.97 Å². The van der Waals surface area contributed by atoms with Gasteiger partial charge in [-0.3, -0.25) is 4.98 Å². The van der Waals surface area contributed by atoms with Crippen LogP contribution in [0.1, 0.15) is 5.69 Å². The largest absolute Gasteiger partial charge is 0.350 e. The number of nitrogens with one attached hydrogen (secondary N) is 1. The van der Waals surface area contributed by atoms with Gasteiger partial charge in [-0.2, -0.15) is 0 Å². The van der Waals surface area contributed by atoms with Gasteiger partial charge < -0.3 is 4.98 Å². The van der Waals surface area contributed by atoms with Crippen LogP contribution in [0.2, 0.25) is 0 Å². The first-order valence-electron chi connectivity index (χ1n) is 2.30. The maximum atomic E-state index is 4.75. The summed E-state index contributed by atoms with van der Waals surface area (Å²) in [5.41, 5.74) is 0.957. The molecule has 8 heavy (non-hydrogen) atoms. The minimum atomic E-state index is 0.676. The fourth-order valence-electron chi connectivity index (χ4n) is 0.411. The number of aromatic nitrogens is 2. The lowest BCUT2D eigenvalue weighted by Crippen LogP contribution is -1.80. The monoisotopic (exact) mass is 126 g/mol. The maximum absolute atomic E-state index is 4.75. The van der Waals surface area contributed by atoms with E-state index >= 15 is 0 Å². The number of aromatic amines is 1. The Morgan fingerprint density at radius 3 is 2.88 bits per heavy atom. The zero-order valence-electron chi connectivity index (χ0n) is 4.51. The van der Waals surface area contributed by atoms with Crippen molar-refractivity contribution < 1.29 is 0 Å². The van der Waals surface area contributed by atoms with Gasteiger partial charge in [0.15, 0.2) is 0 Å². The average Bonchev–Trinajstić information content (AvgIpc) is 1.77. The summed E-state index contributed by atoms with van der Waals surface area (Å²) < 4.78 is 0.676. The van der Waals surface area contributed by atoms with Crippen LogP contribution in [0.4, 0.5) is 0 Å². The molecule has 1 aromatic heterocycles. The molecule has 0 spiro atoms. The molecule has 0 amide bonds. The highest BCUT2D eigenvalue weighted by atomic mass is 32.1. The smallest absolute Gasteiger partial charge is 0.121 e. The molecule has 1 N–H and O–H groups in total. The normalized spacial score (nSPS) is 9.12. The molecule has 0 atom stereocenters. The van der Waals surface area contributed by atoms with Gasteiger partial charge in [0.25, 0.3) is 0 Å². The van der Waals surface area contributed by atoms with E-state index in [2.05, 4.69) is 9.97 Å². The third kappa shape index (κ3) is 1.13. The standard InChI is InChI=1S/C5H6N2S/c1-4-2-7-5(8)3-6-4/h2-3H,1H3,(H,7,8). The molecule has 0 aromatic carbocycles. The Morgan fingerprint density at radius 1 is 1.75 bits per heavy atom. The molecule has 3 heteroatoms. The molecule has 1 aromatic rings. The van der Waals surface area contributed by atoms with Crippen LogP contribution < -0.4 is 0 Å². The second-order valence-electron chi connectivity index (χ2n) is 1.55. The summed E-state index contributed by atoms with van der Waals surface area (Å²) in [4.78, 5) is 6.80. The van der Waals surface area contributed by atoms with Crippen molar-refractivity contribution in [2.45, 2.75) is 6.92 Å². The Hall–Kier alpha value is -0.700. The molecular weight excluding hydrogens is 120 g/mol. The molecule has 0 saturated carbocycles. The molecule has 1 rings (SSSR count). The van der Waals surface area contributed by atoms with Gasteiger partial charge in [0, 0.05) is 6.20 Å². The molecular formula is C5H6N2S. The van der Waals surface area contributed by atoms with E-state index in [1.54, 1.807) is 12.4 Å². The fraction of sp³-hybridized carbons (Fsp3) is 0.200. The maximum Gasteiger partial charge on any atom is 0.121 e. The van der Waals surface area contributed by atoms with Crippen LogP contribution in [0.3, 0.4) is 0 Å². The fourth-order valence-corrected chi connectivity index (χ4v) is 0.522. The molecule has 0 aliphatic rings. The predicted molar refractivity (Wildman–Crippen MR) is 34.2 cm³/mol. The highest BCUT2D eigenvalue weighted by molar-refractivity contribution is 7.71. The van der Waals surface area contributed by atoms with Crippen molar-refractivity contribution in [1.29, 1.82) is 0 Å². The zero-order chi connectivity index (χ0) is 5.98. The molecule has 0 bridgehead atoms. The molecule has 0 saturated heterocycles. The Labute approximate surface area is 52.6 Å². The topological polar surface area (TPSA) is 28.7 Å². The molecule has 0 fully saturated rings. The van der Waals surface area contributed by atoms with Gasteiger partial charge in [0.2, 0.25) is 0 Å². The first-order valence-corrected chi connectivity index (χ1v) is 2.71. The van der Waals surface area contributed by atoms with Crippen LogP contribution in [0, 0.1) is 11.6 Å². The van der Waals surface area contributed by atoms with Gasteiger partial charge in [-0.15, -0.1) is 0 Å². The summed E-state index contributed by atoms with van der Waals surface area (Å²) in [7, 11) is 0. The number of hydrogen-bond acceptors (Lipinski definition) is 2. The van der Waals surface area contributed by atoms with E-state index in [9.17, 15) is 0 Å². The quantitative estimate of drug-likeness (QED) is 0.533. The van der Waals surface area contributed by atoms with Crippen LogP contribution in [-0.4, -0.2) is 9.97 Å². The van der Waals surface area contributed by atoms with Crippen LogP contribution in [0.25, 0.3) is 0 Å². The first kappa shape index (κ1) is 5.44. The molecule has 0 unspecified atom stereocenters.